The van der Waals surface area contributed by atoms with Crippen molar-refractivity contribution in [1.82, 2.24) is 5.32 Å². The number of unbranched alkanes of at least 4 members (excludes halogenated alkanes) is 1. The maximum absolute atomic E-state index is 12.0. The summed E-state index contributed by atoms with van der Waals surface area (Å²) in [6.45, 7) is 0. The van der Waals surface area contributed by atoms with E-state index in [-0.39, 0.29) is 5.78 Å². The Labute approximate surface area is 128 Å². The average Bonchev–Trinajstić information content (AvgIpc) is 2.73. The number of allylic oxidation sites excluding steroid dienone is 5. The second-order valence-electron chi connectivity index (χ2n) is 4.72. The summed E-state index contributed by atoms with van der Waals surface area (Å²) in [7, 11) is 0. The van der Waals surface area contributed by atoms with Crippen LogP contribution in [-0.2, 0) is 0 Å². The minimum absolute atomic E-state index is 0.222. The number of hydrogen-bond donors (Lipinski definition) is 1. The zero-order valence-electron chi connectivity index (χ0n) is 11.3. The molecule has 1 N–H and O–H groups in total. The van der Waals surface area contributed by atoms with Crippen molar-refractivity contribution >= 4 is 21.7 Å². The normalized spacial score (nSPS) is 13.6. The Kier molecular flexibility index (Phi) is 5.81. The van der Waals surface area contributed by atoms with Crippen LogP contribution in [0.15, 0.2) is 64.9 Å². The lowest BCUT2D eigenvalue weighted by atomic mass is 10.0. The van der Waals surface area contributed by atoms with Gasteiger partial charge in [-0.3, -0.25) is 4.79 Å². The third-order valence-electron chi connectivity index (χ3n) is 3.15. The van der Waals surface area contributed by atoms with Crippen LogP contribution in [0.3, 0.4) is 0 Å². The Morgan fingerprint density at radius 1 is 1.05 bits per heavy atom. The molecule has 1 aromatic carbocycles. The lowest BCUT2D eigenvalue weighted by Gasteiger charge is -2.06. The van der Waals surface area contributed by atoms with Gasteiger partial charge in [-0.25, -0.2) is 0 Å². The van der Waals surface area contributed by atoms with Crippen LogP contribution in [0, 0.1) is 0 Å². The molecule has 0 saturated heterocycles. The van der Waals surface area contributed by atoms with E-state index in [0.717, 1.165) is 29.3 Å². The number of ketones is 1. The van der Waals surface area contributed by atoms with Gasteiger partial charge in [0.05, 0.1) is 0 Å². The van der Waals surface area contributed by atoms with Crippen molar-refractivity contribution < 1.29 is 4.79 Å². The molecule has 2 rings (SSSR count). The zero-order valence-corrected chi connectivity index (χ0v) is 12.9. The van der Waals surface area contributed by atoms with Gasteiger partial charge in [-0.2, -0.15) is 0 Å². The highest BCUT2D eigenvalue weighted by molar-refractivity contribution is 9.10. The van der Waals surface area contributed by atoms with Gasteiger partial charge in [0.25, 0.3) is 0 Å². The zero-order chi connectivity index (χ0) is 14.2. The first kappa shape index (κ1) is 14.8. The molecule has 0 unspecified atom stereocenters. The molecular weight excluding hydrogens is 314 g/mol. The molecule has 1 aliphatic rings. The summed E-state index contributed by atoms with van der Waals surface area (Å²) in [6, 6.07) is 7.56. The van der Waals surface area contributed by atoms with Crippen LogP contribution in [0.1, 0.15) is 36.0 Å². The number of rotatable bonds is 6. The van der Waals surface area contributed by atoms with Gasteiger partial charge in [0, 0.05) is 28.4 Å². The maximum atomic E-state index is 12.0. The van der Waals surface area contributed by atoms with Crippen molar-refractivity contribution in [3.05, 3.63) is 70.5 Å². The first-order chi connectivity index (χ1) is 9.75. The lowest BCUT2D eigenvalue weighted by Crippen LogP contribution is -2.04. The molecule has 0 radical (unpaired) electrons. The number of nitrogens with one attached hydrogen (secondary N) is 1. The van der Waals surface area contributed by atoms with Gasteiger partial charge >= 0.3 is 0 Å². The topological polar surface area (TPSA) is 29.1 Å². The summed E-state index contributed by atoms with van der Waals surface area (Å²) in [6.07, 6.45) is 13.5. The van der Waals surface area contributed by atoms with E-state index in [4.69, 9.17) is 0 Å². The van der Waals surface area contributed by atoms with E-state index >= 15 is 0 Å². The Bertz CT molecular complexity index is 541. The first-order valence-corrected chi connectivity index (χ1v) is 7.63. The van der Waals surface area contributed by atoms with Gasteiger partial charge in [-0.05, 0) is 43.5 Å². The van der Waals surface area contributed by atoms with Crippen LogP contribution in [0.2, 0.25) is 0 Å². The molecule has 2 nitrogen and oxygen atoms in total. The van der Waals surface area contributed by atoms with Crippen molar-refractivity contribution in [2.75, 3.05) is 0 Å². The third kappa shape index (κ3) is 4.82. The summed E-state index contributed by atoms with van der Waals surface area (Å²) < 4.78 is 1.00. The number of carbonyl (C=O) groups excluding carboxylic acids is 1. The standard InChI is InChI=1S/C17H18BrNO/c18-15-11-9-14(10-12-15)17(20)8-4-3-7-16-6-2-1-5-13-19-16/h1-2,5-6,9-13,19H,3-4,7-8H2. The average molecular weight is 332 g/mol. The van der Waals surface area contributed by atoms with Crippen LogP contribution in [-0.4, -0.2) is 5.78 Å². The third-order valence-corrected chi connectivity index (χ3v) is 3.68. The molecule has 0 aromatic heterocycles. The van der Waals surface area contributed by atoms with Crippen molar-refractivity contribution in [1.29, 1.82) is 0 Å². The first-order valence-electron chi connectivity index (χ1n) is 6.83. The van der Waals surface area contributed by atoms with E-state index in [1.807, 2.05) is 48.7 Å². The van der Waals surface area contributed by atoms with Crippen molar-refractivity contribution in [2.24, 2.45) is 0 Å². The number of benzene rings is 1. The van der Waals surface area contributed by atoms with E-state index in [2.05, 4.69) is 27.3 Å². The van der Waals surface area contributed by atoms with Crippen LogP contribution in [0.5, 0.6) is 0 Å². The summed E-state index contributed by atoms with van der Waals surface area (Å²) >= 11 is 3.37. The minimum atomic E-state index is 0.222. The SMILES string of the molecule is O=C(CCCCC1=CC=CC=CN1)c1ccc(Br)cc1. The number of Topliss-reactive ketones (excluding diaryl/α,β-unsaturated/α-hetero) is 1. The highest BCUT2D eigenvalue weighted by atomic mass is 79.9. The molecule has 0 atom stereocenters. The van der Waals surface area contributed by atoms with Gasteiger partial charge in [-0.1, -0.05) is 40.2 Å². The molecule has 1 aromatic rings. The largest absolute Gasteiger partial charge is 0.365 e. The highest BCUT2D eigenvalue weighted by Gasteiger charge is 2.05. The molecule has 0 amide bonds. The van der Waals surface area contributed by atoms with Gasteiger partial charge in [0.15, 0.2) is 5.78 Å². The Hall–Kier alpha value is -1.61. The molecule has 20 heavy (non-hydrogen) atoms. The maximum Gasteiger partial charge on any atom is 0.162 e. The lowest BCUT2D eigenvalue weighted by molar-refractivity contribution is 0.0979. The molecule has 0 spiro atoms. The molecule has 104 valence electrons. The van der Waals surface area contributed by atoms with Crippen molar-refractivity contribution in [3.63, 3.8) is 0 Å². The van der Waals surface area contributed by atoms with Gasteiger partial charge in [0.2, 0.25) is 0 Å². The van der Waals surface area contributed by atoms with E-state index < -0.39 is 0 Å². The van der Waals surface area contributed by atoms with Crippen molar-refractivity contribution in [2.45, 2.75) is 25.7 Å². The molecule has 0 aliphatic carbocycles. The molecular formula is C17H18BrNO. The predicted molar refractivity (Wildman–Crippen MR) is 86.4 cm³/mol. The fourth-order valence-electron chi connectivity index (χ4n) is 2.03. The van der Waals surface area contributed by atoms with Crippen LogP contribution in [0.4, 0.5) is 0 Å². The molecule has 1 aliphatic heterocycles. The Balaban J connectivity index is 1.72. The van der Waals surface area contributed by atoms with Gasteiger partial charge in [-0.15, -0.1) is 0 Å². The predicted octanol–water partition coefficient (Wildman–Crippen LogP) is 4.75. The summed E-state index contributed by atoms with van der Waals surface area (Å²) in [4.78, 5) is 12.0. The van der Waals surface area contributed by atoms with E-state index in [1.165, 1.54) is 5.70 Å². The van der Waals surface area contributed by atoms with E-state index in [1.54, 1.807) is 0 Å². The smallest absolute Gasteiger partial charge is 0.162 e. The second-order valence-corrected chi connectivity index (χ2v) is 5.63. The van der Waals surface area contributed by atoms with Crippen LogP contribution < -0.4 is 5.32 Å². The number of halogens is 1. The fourth-order valence-corrected chi connectivity index (χ4v) is 2.30. The Morgan fingerprint density at radius 3 is 2.65 bits per heavy atom. The molecule has 0 fully saturated rings. The van der Waals surface area contributed by atoms with E-state index in [0.29, 0.717) is 6.42 Å². The summed E-state index contributed by atoms with van der Waals surface area (Å²) in [5.74, 6) is 0.222. The van der Waals surface area contributed by atoms with E-state index in [9.17, 15) is 4.79 Å². The van der Waals surface area contributed by atoms with Gasteiger partial charge in [0.1, 0.15) is 0 Å². The molecule has 0 saturated carbocycles. The summed E-state index contributed by atoms with van der Waals surface area (Å²) in [5.41, 5.74) is 2.00. The summed E-state index contributed by atoms with van der Waals surface area (Å²) in [5, 5.41) is 3.24. The second kappa shape index (κ2) is 7.85. The molecule has 3 heteroatoms. The highest BCUT2D eigenvalue weighted by Crippen LogP contribution is 2.14. The van der Waals surface area contributed by atoms with Crippen LogP contribution >= 0.6 is 15.9 Å². The van der Waals surface area contributed by atoms with Crippen LogP contribution in [0.25, 0.3) is 0 Å². The monoisotopic (exact) mass is 331 g/mol. The quantitative estimate of drug-likeness (QED) is 0.602. The molecule has 1 heterocycles. The van der Waals surface area contributed by atoms with Crippen molar-refractivity contribution in [3.8, 4) is 0 Å². The molecule has 0 bridgehead atoms. The van der Waals surface area contributed by atoms with Gasteiger partial charge < -0.3 is 5.32 Å². The fraction of sp³-hybridized carbons (Fsp3) is 0.235. The minimum Gasteiger partial charge on any atom is -0.365 e. The Morgan fingerprint density at radius 2 is 1.85 bits per heavy atom. The number of carbonyl (C=O) groups is 1. The number of hydrogen-bond acceptors (Lipinski definition) is 2.